The molecule has 0 amide bonds. The molecule has 0 aliphatic heterocycles. The number of nitrogens with one attached hydrogen (secondary N) is 2. The van der Waals surface area contributed by atoms with E-state index in [4.69, 9.17) is 14.2 Å². The maximum Gasteiger partial charge on any atom is 0.191 e. The number of guanidine groups is 1. The van der Waals surface area contributed by atoms with Crippen LogP contribution >= 0.6 is 0 Å². The van der Waals surface area contributed by atoms with Gasteiger partial charge in [-0.3, -0.25) is 4.99 Å². The molecule has 0 aromatic heterocycles. The highest BCUT2D eigenvalue weighted by Crippen LogP contribution is 2.27. The van der Waals surface area contributed by atoms with Crippen molar-refractivity contribution in [2.45, 2.75) is 19.9 Å². The van der Waals surface area contributed by atoms with Gasteiger partial charge < -0.3 is 24.8 Å². The van der Waals surface area contributed by atoms with Gasteiger partial charge in [0.2, 0.25) is 0 Å². The summed E-state index contributed by atoms with van der Waals surface area (Å²) in [6, 6.07) is 15.7. The van der Waals surface area contributed by atoms with Crippen molar-refractivity contribution in [2.24, 2.45) is 4.99 Å². The van der Waals surface area contributed by atoms with Crippen molar-refractivity contribution >= 4 is 5.96 Å². The predicted molar refractivity (Wildman–Crippen MR) is 109 cm³/mol. The van der Waals surface area contributed by atoms with Crippen LogP contribution in [0.5, 0.6) is 17.2 Å². The van der Waals surface area contributed by atoms with E-state index in [1.54, 1.807) is 14.2 Å². The molecule has 0 saturated heterocycles. The second-order valence-corrected chi connectivity index (χ2v) is 5.79. The fraction of sp³-hybridized carbons (Fsp3) is 0.381. The predicted octanol–water partition coefficient (Wildman–Crippen LogP) is 3.23. The van der Waals surface area contributed by atoms with Gasteiger partial charge in [-0.25, -0.2) is 0 Å². The monoisotopic (exact) mass is 371 g/mol. The lowest BCUT2D eigenvalue weighted by molar-refractivity contribution is 0.310. The number of methoxy groups -OCH3 is 1. The highest BCUT2D eigenvalue weighted by Gasteiger charge is 2.06. The summed E-state index contributed by atoms with van der Waals surface area (Å²) in [6.45, 7) is 4.64. The van der Waals surface area contributed by atoms with Crippen LogP contribution in [-0.4, -0.2) is 39.9 Å². The molecule has 2 aromatic carbocycles. The largest absolute Gasteiger partial charge is 0.494 e. The molecular weight excluding hydrogens is 342 g/mol. The first-order valence-corrected chi connectivity index (χ1v) is 9.19. The Balaban J connectivity index is 1.72. The zero-order valence-corrected chi connectivity index (χ0v) is 16.3. The average molecular weight is 371 g/mol. The Bertz CT molecular complexity index is 705. The standard InChI is InChI=1S/C21H29N3O3/c1-4-26-19-12-11-17(15-20(19)25-3)16-24-21(22-2)23-13-8-14-27-18-9-6-5-7-10-18/h5-7,9-12,15H,4,8,13-14,16H2,1-3H3,(H2,22,23,24). The quantitative estimate of drug-likeness (QED) is 0.381. The first-order valence-electron chi connectivity index (χ1n) is 9.19. The van der Waals surface area contributed by atoms with E-state index in [-0.39, 0.29) is 0 Å². The summed E-state index contributed by atoms with van der Waals surface area (Å²) < 4.78 is 16.6. The lowest BCUT2D eigenvalue weighted by Crippen LogP contribution is -2.37. The zero-order valence-electron chi connectivity index (χ0n) is 16.3. The van der Waals surface area contributed by atoms with Gasteiger partial charge >= 0.3 is 0 Å². The fourth-order valence-electron chi connectivity index (χ4n) is 2.49. The molecule has 2 rings (SSSR count). The van der Waals surface area contributed by atoms with Crippen LogP contribution in [0.4, 0.5) is 0 Å². The van der Waals surface area contributed by atoms with Crippen LogP contribution in [0.3, 0.4) is 0 Å². The number of para-hydroxylation sites is 1. The van der Waals surface area contributed by atoms with Gasteiger partial charge in [0.05, 0.1) is 20.3 Å². The SMILES string of the molecule is CCOc1ccc(CNC(=NC)NCCCOc2ccccc2)cc1OC. The van der Waals surface area contributed by atoms with Gasteiger partial charge in [0.15, 0.2) is 17.5 Å². The van der Waals surface area contributed by atoms with Gasteiger partial charge in [0.1, 0.15) is 5.75 Å². The lowest BCUT2D eigenvalue weighted by atomic mass is 10.2. The molecule has 0 aliphatic rings. The summed E-state index contributed by atoms with van der Waals surface area (Å²) >= 11 is 0. The second-order valence-electron chi connectivity index (χ2n) is 5.79. The average Bonchev–Trinajstić information content (AvgIpc) is 2.71. The summed E-state index contributed by atoms with van der Waals surface area (Å²) in [5.74, 6) is 3.13. The molecule has 0 atom stereocenters. The molecule has 2 aromatic rings. The third-order valence-electron chi connectivity index (χ3n) is 3.84. The maximum atomic E-state index is 5.68. The van der Waals surface area contributed by atoms with Gasteiger partial charge in [-0.1, -0.05) is 24.3 Å². The molecule has 0 spiro atoms. The van der Waals surface area contributed by atoms with Crippen molar-refractivity contribution < 1.29 is 14.2 Å². The summed E-state index contributed by atoms with van der Waals surface area (Å²) in [7, 11) is 3.40. The molecular formula is C21H29N3O3. The van der Waals surface area contributed by atoms with E-state index in [0.717, 1.165) is 41.7 Å². The Morgan fingerprint density at radius 2 is 1.81 bits per heavy atom. The highest BCUT2D eigenvalue weighted by molar-refractivity contribution is 5.79. The van der Waals surface area contributed by atoms with Gasteiger partial charge in [-0.2, -0.15) is 0 Å². The molecule has 0 radical (unpaired) electrons. The molecule has 0 unspecified atom stereocenters. The van der Waals surface area contributed by atoms with Crippen molar-refractivity contribution in [2.75, 3.05) is 33.9 Å². The summed E-state index contributed by atoms with van der Waals surface area (Å²) in [5.41, 5.74) is 1.09. The Kier molecular flexibility index (Phi) is 8.83. The Morgan fingerprint density at radius 1 is 1.00 bits per heavy atom. The second kappa shape index (κ2) is 11.7. The van der Waals surface area contributed by atoms with E-state index in [9.17, 15) is 0 Å². The van der Waals surface area contributed by atoms with E-state index in [2.05, 4.69) is 15.6 Å². The third-order valence-corrected chi connectivity index (χ3v) is 3.84. The van der Waals surface area contributed by atoms with Crippen molar-refractivity contribution in [1.29, 1.82) is 0 Å². The summed E-state index contributed by atoms with van der Waals surface area (Å²) in [4.78, 5) is 4.25. The summed E-state index contributed by atoms with van der Waals surface area (Å²) in [6.07, 6.45) is 0.881. The van der Waals surface area contributed by atoms with E-state index in [1.807, 2.05) is 55.5 Å². The van der Waals surface area contributed by atoms with Crippen molar-refractivity contribution in [3.63, 3.8) is 0 Å². The topological polar surface area (TPSA) is 64.1 Å². The smallest absolute Gasteiger partial charge is 0.191 e. The number of nitrogens with zero attached hydrogens (tertiary/aromatic N) is 1. The minimum absolute atomic E-state index is 0.610. The van der Waals surface area contributed by atoms with Gasteiger partial charge in [0, 0.05) is 20.1 Å². The van der Waals surface area contributed by atoms with E-state index < -0.39 is 0 Å². The van der Waals surface area contributed by atoms with Crippen molar-refractivity contribution in [3.8, 4) is 17.2 Å². The molecule has 0 heterocycles. The van der Waals surface area contributed by atoms with Gasteiger partial charge in [-0.15, -0.1) is 0 Å². The Hall–Kier alpha value is -2.89. The van der Waals surface area contributed by atoms with Crippen LogP contribution in [-0.2, 0) is 6.54 Å². The van der Waals surface area contributed by atoms with Crippen molar-refractivity contribution in [1.82, 2.24) is 10.6 Å². The molecule has 0 bridgehead atoms. The minimum Gasteiger partial charge on any atom is -0.494 e. The van der Waals surface area contributed by atoms with Crippen LogP contribution in [0.15, 0.2) is 53.5 Å². The maximum absolute atomic E-state index is 5.68. The van der Waals surface area contributed by atoms with Crippen LogP contribution in [0.2, 0.25) is 0 Å². The molecule has 6 heteroatoms. The third kappa shape index (κ3) is 7.09. The number of aliphatic imine (C=N–C) groups is 1. The number of rotatable bonds is 10. The van der Waals surface area contributed by atoms with Crippen LogP contribution in [0.25, 0.3) is 0 Å². The molecule has 2 N–H and O–H groups in total. The lowest BCUT2D eigenvalue weighted by Gasteiger charge is -2.14. The normalized spacial score (nSPS) is 11.0. The molecule has 27 heavy (non-hydrogen) atoms. The van der Waals surface area contributed by atoms with Crippen LogP contribution in [0.1, 0.15) is 18.9 Å². The minimum atomic E-state index is 0.610. The molecule has 0 saturated carbocycles. The van der Waals surface area contributed by atoms with Crippen LogP contribution in [0, 0.1) is 0 Å². The molecule has 146 valence electrons. The number of hydrogen-bond donors (Lipinski definition) is 2. The molecule has 0 aliphatic carbocycles. The Labute approximate surface area is 161 Å². The molecule has 6 nitrogen and oxygen atoms in total. The first-order chi connectivity index (χ1) is 13.3. The zero-order chi connectivity index (χ0) is 19.3. The fourth-order valence-corrected chi connectivity index (χ4v) is 2.49. The van der Waals surface area contributed by atoms with E-state index >= 15 is 0 Å². The molecule has 0 fully saturated rings. The van der Waals surface area contributed by atoms with Gasteiger partial charge in [-0.05, 0) is 43.2 Å². The van der Waals surface area contributed by atoms with Crippen LogP contribution < -0.4 is 24.8 Å². The van der Waals surface area contributed by atoms with Crippen molar-refractivity contribution in [3.05, 3.63) is 54.1 Å². The van der Waals surface area contributed by atoms with Gasteiger partial charge in [0.25, 0.3) is 0 Å². The number of hydrogen-bond acceptors (Lipinski definition) is 4. The number of benzene rings is 2. The first kappa shape index (κ1) is 20.4. The van der Waals surface area contributed by atoms with E-state index in [0.29, 0.717) is 19.8 Å². The Morgan fingerprint density at radius 3 is 2.52 bits per heavy atom. The van der Waals surface area contributed by atoms with E-state index in [1.165, 1.54) is 0 Å². The highest BCUT2D eigenvalue weighted by atomic mass is 16.5. The number of ether oxygens (including phenoxy) is 3. The summed E-state index contributed by atoms with van der Waals surface area (Å²) in [5, 5.41) is 6.59.